The maximum absolute atomic E-state index is 13.4. The number of halogens is 2. The molecule has 0 saturated carbocycles. The van der Waals surface area contributed by atoms with Gasteiger partial charge in [-0.3, -0.25) is 0 Å². The molecule has 0 bridgehead atoms. The summed E-state index contributed by atoms with van der Waals surface area (Å²) in [6.07, 6.45) is 0. The van der Waals surface area contributed by atoms with E-state index in [4.69, 9.17) is 9.47 Å². The Hall–Kier alpha value is -1.55. The van der Waals surface area contributed by atoms with E-state index < -0.39 is 0 Å². The first-order valence-corrected chi connectivity index (χ1v) is 6.69. The van der Waals surface area contributed by atoms with Gasteiger partial charge in [-0.25, -0.2) is 4.39 Å². The number of hydrogen-bond acceptors (Lipinski definition) is 2. The fraction of sp³-hybridized carbons (Fsp3) is 0.200. The molecule has 1 unspecified atom stereocenters. The molecule has 0 aliphatic rings. The molecular weight excluding hydrogens is 311 g/mol. The molecule has 2 nitrogen and oxygen atoms in total. The summed E-state index contributed by atoms with van der Waals surface area (Å²) in [5, 5.41) is 0. The first-order valence-electron chi connectivity index (χ1n) is 5.77. The molecule has 4 heteroatoms. The second-order valence-electron chi connectivity index (χ2n) is 3.99. The van der Waals surface area contributed by atoms with Crippen LogP contribution in [0.4, 0.5) is 4.39 Å². The molecular formula is C15H14BrFO2. The Morgan fingerprint density at radius 3 is 2.26 bits per heavy atom. The van der Waals surface area contributed by atoms with Crippen molar-refractivity contribution in [2.75, 3.05) is 14.2 Å². The Morgan fingerprint density at radius 1 is 0.947 bits per heavy atom. The van der Waals surface area contributed by atoms with E-state index in [0.717, 1.165) is 16.9 Å². The third-order valence-electron chi connectivity index (χ3n) is 2.88. The highest BCUT2D eigenvalue weighted by Gasteiger charge is 2.19. The van der Waals surface area contributed by atoms with Gasteiger partial charge in [-0.15, -0.1) is 0 Å². The monoisotopic (exact) mass is 324 g/mol. The highest BCUT2D eigenvalue weighted by molar-refractivity contribution is 9.09. The van der Waals surface area contributed by atoms with Crippen LogP contribution in [-0.2, 0) is 0 Å². The van der Waals surface area contributed by atoms with E-state index >= 15 is 0 Å². The average Bonchev–Trinajstić information content (AvgIpc) is 2.46. The van der Waals surface area contributed by atoms with Crippen LogP contribution >= 0.6 is 15.9 Å². The number of ether oxygens (including phenoxy) is 2. The van der Waals surface area contributed by atoms with Crippen molar-refractivity contribution >= 4 is 15.9 Å². The molecule has 0 N–H and O–H groups in total. The van der Waals surface area contributed by atoms with Gasteiger partial charge in [0.1, 0.15) is 17.3 Å². The van der Waals surface area contributed by atoms with Crippen LogP contribution in [-0.4, -0.2) is 14.2 Å². The fourth-order valence-corrected chi connectivity index (χ4v) is 2.68. The van der Waals surface area contributed by atoms with Crippen molar-refractivity contribution in [3.63, 3.8) is 0 Å². The van der Waals surface area contributed by atoms with Gasteiger partial charge in [-0.1, -0.05) is 34.1 Å². The highest BCUT2D eigenvalue weighted by Crippen LogP contribution is 2.40. The lowest BCUT2D eigenvalue weighted by Gasteiger charge is -2.17. The van der Waals surface area contributed by atoms with Crippen molar-refractivity contribution < 1.29 is 13.9 Å². The molecule has 2 aromatic rings. The Labute approximate surface area is 120 Å². The van der Waals surface area contributed by atoms with Gasteiger partial charge in [0.05, 0.1) is 19.0 Å². The lowest BCUT2D eigenvalue weighted by atomic mass is 10.0. The number of hydrogen-bond donors (Lipinski definition) is 0. The summed E-state index contributed by atoms with van der Waals surface area (Å²) in [5.41, 5.74) is 1.65. The predicted molar refractivity (Wildman–Crippen MR) is 76.7 cm³/mol. The number of para-hydroxylation sites is 1. The van der Waals surface area contributed by atoms with Crippen molar-refractivity contribution in [2.45, 2.75) is 4.83 Å². The van der Waals surface area contributed by atoms with E-state index in [1.54, 1.807) is 20.3 Å². The van der Waals surface area contributed by atoms with Gasteiger partial charge in [-0.2, -0.15) is 0 Å². The zero-order valence-electron chi connectivity index (χ0n) is 10.7. The van der Waals surface area contributed by atoms with Crippen molar-refractivity contribution in [1.29, 1.82) is 0 Å². The number of alkyl halides is 1. The van der Waals surface area contributed by atoms with Crippen molar-refractivity contribution in [2.24, 2.45) is 0 Å². The van der Waals surface area contributed by atoms with E-state index in [1.807, 2.05) is 24.3 Å². The molecule has 0 aliphatic carbocycles. The fourth-order valence-electron chi connectivity index (χ4n) is 1.95. The maximum Gasteiger partial charge on any atom is 0.123 e. The summed E-state index contributed by atoms with van der Waals surface area (Å²) in [5.74, 6) is 1.08. The lowest BCUT2D eigenvalue weighted by Crippen LogP contribution is -2.00. The molecule has 19 heavy (non-hydrogen) atoms. The van der Waals surface area contributed by atoms with Crippen molar-refractivity contribution in [3.8, 4) is 11.5 Å². The van der Waals surface area contributed by atoms with E-state index in [1.165, 1.54) is 12.1 Å². The first kappa shape index (κ1) is 13.9. The Morgan fingerprint density at radius 2 is 1.58 bits per heavy atom. The number of rotatable bonds is 4. The van der Waals surface area contributed by atoms with Gasteiger partial charge < -0.3 is 9.47 Å². The van der Waals surface area contributed by atoms with Crippen LogP contribution in [0.1, 0.15) is 16.0 Å². The molecule has 0 heterocycles. The highest BCUT2D eigenvalue weighted by atomic mass is 79.9. The topological polar surface area (TPSA) is 18.5 Å². The van der Waals surface area contributed by atoms with E-state index in [0.29, 0.717) is 5.75 Å². The normalized spacial score (nSPS) is 12.0. The molecule has 0 spiro atoms. The standard InChI is InChI=1S/C15H14BrFO2/c1-18-13-6-4-3-5-11(13)15(16)12-9-10(17)7-8-14(12)19-2/h3-9,15H,1-2H3. The minimum absolute atomic E-state index is 0.200. The molecule has 2 aromatic carbocycles. The molecule has 1 atom stereocenters. The summed E-state index contributed by atoms with van der Waals surface area (Å²) < 4.78 is 24.0. The molecule has 0 radical (unpaired) electrons. The molecule has 100 valence electrons. The largest absolute Gasteiger partial charge is 0.496 e. The molecule has 0 amide bonds. The Balaban J connectivity index is 2.49. The van der Waals surface area contributed by atoms with Crippen LogP contribution in [0.25, 0.3) is 0 Å². The third kappa shape index (κ3) is 2.89. The minimum atomic E-state index is -0.296. The van der Waals surface area contributed by atoms with Gasteiger partial charge in [0.25, 0.3) is 0 Å². The summed E-state index contributed by atoms with van der Waals surface area (Å²) in [7, 11) is 3.18. The van der Waals surface area contributed by atoms with Crippen LogP contribution in [0.3, 0.4) is 0 Å². The van der Waals surface area contributed by atoms with E-state index in [-0.39, 0.29) is 10.6 Å². The van der Waals surface area contributed by atoms with Gasteiger partial charge in [0, 0.05) is 11.1 Å². The second kappa shape index (κ2) is 6.06. The van der Waals surface area contributed by atoms with E-state index in [2.05, 4.69) is 15.9 Å². The van der Waals surface area contributed by atoms with Crippen LogP contribution in [0.5, 0.6) is 11.5 Å². The number of benzene rings is 2. The van der Waals surface area contributed by atoms with Crippen LogP contribution < -0.4 is 9.47 Å². The quantitative estimate of drug-likeness (QED) is 0.779. The zero-order valence-corrected chi connectivity index (χ0v) is 12.3. The van der Waals surface area contributed by atoms with E-state index in [9.17, 15) is 4.39 Å². The molecule has 0 saturated heterocycles. The van der Waals surface area contributed by atoms with Crippen molar-refractivity contribution in [1.82, 2.24) is 0 Å². The molecule has 2 rings (SSSR count). The molecule has 0 fully saturated rings. The second-order valence-corrected chi connectivity index (χ2v) is 4.91. The van der Waals surface area contributed by atoms with Crippen molar-refractivity contribution in [3.05, 3.63) is 59.4 Å². The third-order valence-corrected chi connectivity index (χ3v) is 3.86. The maximum atomic E-state index is 13.4. The summed E-state index contributed by atoms with van der Waals surface area (Å²) in [4.78, 5) is -0.200. The lowest BCUT2D eigenvalue weighted by molar-refractivity contribution is 0.404. The predicted octanol–water partition coefficient (Wildman–Crippen LogP) is 4.33. The zero-order chi connectivity index (χ0) is 13.8. The van der Waals surface area contributed by atoms with Gasteiger partial charge in [-0.05, 0) is 24.3 Å². The van der Waals surface area contributed by atoms with Gasteiger partial charge >= 0.3 is 0 Å². The summed E-state index contributed by atoms with van der Waals surface area (Å²) in [6.45, 7) is 0. The Kier molecular flexibility index (Phi) is 4.43. The smallest absolute Gasteiger partial charge is 0.123 e. The average molecular weight is 325 g/mol. The van der Waals surface area contributed by atoms with Crippen LogP contribution in [0.15, 0.2) is 42.5 Å². The molecule has 0 aliphatic heterocycles. The molecule has 0 aromatic heterocycles. The van der Waals surface area contributed by atoms with Crippen LogP contribution in [0.2, 0.25) is 0 Å². The van der Waals surface area contributed by atoms with Gasteiger partial charge in [0.15, 0.2) is 0 Å². The summed E-state index contributed by atoms with van der Waals surface area (Å²) >= 11 is 3.58. The Bertz CT molecular complexity index is 572. The summed E-state index contributed by atoms with van der Waals surface area (Å²) in [6, 6.07) is 12.1. The number of methoxy groups -OCH3 is 2. The first-order chi connectivity index (χ1) is 9.17. The SMILES string of the molecule is COc1ccccc1C(Br)c1cc(F)ccc1OC. The van der Waals surface area contributed by atoms with Crippen LogP contribution in [0, 0.1) is 5.82 Å². The van der Waals surface area contributed by atoms with Gasteiger partial charge in [0.2, 0.25) is 0 Å². The minimum Gasteiger partial charge on any atom is -0.496 e.